The number of aromatic nitrogens is 4. The number of benzene rings is 2. The van der Waals surface area contributed by atoms with Gasteiger partial charge < -0.3 is 24.3 Å². The van der Waals surface area contributed by atoms with Gasteiger partial charge in [0.15, 0.2) is 23.0 Å². The van der Waals surface area contributed by atoms with Gasteiger partial charge in [0.25, 0.3) is 0 Å². The largest absolute Gasteiger partial charge is 0.586 e. The molecule has 0 bridgehead atoms. The summed E-state index contributed by atoms with van der Waals surface area (Å²) >= 11 is 0. The Bertz CT molecular complexity index is 1680. The summed E-state index contributed by atoms with van der Waals surface area (Å²) in [6.45, 7) is -0.229. The molecule has 0 saturated carbocycles. The fourth-order valence-corrected chi connectivity index (χ4v) is 5.29. The normalized spacial score (nSPS) is 20.1. The molecule has 1 saturated heterocycles. The van der Waals surface area contributed by atoms with E-state index in [-0.39, 0.29) is 60.4 Å². The Kier molecular flexibility index (Phi) is 7.06. The first-order valence-electron chi connectivity index (χ1n) is 13.3. The molecule has 230 valence electrons. The fraction of sp³-hybridized carbons (Fsp3) is 0.444. The number of hydrogen-bond acceptors (Lipinski definition) is 9. The number of likely N-dealkylation sites (tertiary alicyclic amines) is 1. The third kappa shape index (κ3) is 5.39. The first-order valence-corrected chi connectivity index (χ1v) is 13.3. The molecular formula is C27H26F6N6O4. The van der Waals surface area contributed by atoms with E-state index in [1.54, 1.807) is 18.2 Å². The molecule has 16 heteroatoms. The SMILES string of the molecule is COc1ccc(CNc2nc3c4c(ccc3c3nc(CCN5CCCC(F)(C(F)(F)F)C5)nn23)OC(F)(F)O4)c(OC)c1. The van der Waals surface area contributed by atoms with Crippen LogP contribution in [0.3, 0.4) is 0 Å². The van der Waals surface area contributed by atoms with Crippen molar-refractivity contribution < 1.29 is 45.3 Å². The van der Waals surface area contributed by atoms with E-state index < -0.39 is 31.1 Å². The molecule has 2 aliphatic rings. The minimum absolute atomic E-state index is 0.0359. The van der Waals surface area contributed by atoms with E-state index in [0.29, 0.717) is 29.0 Å². The Morgan fingerprint density at radius 2 is 1.86 bits per heavy atom. The predicted molar refractivity (Wildman–Crippen MR) is 141 cm³/mol. The quantitative estimate of drug-likeness (QED) is 0.272. The summed E-state index contributed by atoms with van der Waals surface area (Å²) in [6, 6.07) is 7.99. The van der Waals surface area contributed by atoms with Crippen LogP contribution in [0.25, 0.3) is 16.6 Å². The lowest BCUT2D eigenvalue weighted by Gasteiger charge is -2.38. The zero-order valence-corrected chi connectivity index (χ0v) is 23.0. The van der Waals surface area contributed by atoms with Crippen molar-refractivity contribution in [2.24, 2.45) is 0 Å². The van der Waals surface area contributed by atoms with Crippen LogP contribution < -0.4 is 24.3 Å². The summed E-state index contributed by atoms with van der Waals surface area (Å²) in [5.74, 6) is 0.967. The van der Waals surface area contributed by atoms with E-state index in [9.17, 15) is 26.3 Å². The molecule has 1 N–H and O–H groups in total. The molecule has 43 heavy (non-hydrogen) atoms. The molecule has 1 unspecified atom stereocenters. The third-order valence-electron chi connectivity index (χ3n) is 7.47. The van der Waals surface area contributed by atoms with Crippen molar-refractivity contribution in [1.82, 2.24) is 24.5 Å². The maximum atomic E-state index is 14.6. The van der Waals surface area contributed by atoms with Crippen LogP contribution in [0.1, 0.15) is 24.2 Å². The van der Waals surface area contributed by atoms with Gasteiger partial charge >= 0.3 is 12.5 Å². The number of methoxy groups -OCH3 is 2. The molecular weight excluding hydrogens is 586 g/mol. The maximum Gasteiger partial charge on any atom is 0.586 e. The van der Waals surface area contributed by atoms with Gasteiger partial charge in [-0.05, 0) is 43.7 Å². The van der Waals surface area contributed by atoms with Crippen LogP contribution in [-0.2, 0) is 13.0 Å². The number of nitrogens with zero attached hydrogens (tertiary/aromatic N) is 5. The van der Waals surface area contributed by atoms with E-state index in [1.165, 1.54) is 35.8 Å². The Hall–Kier alpha value is -4.21. The van der Waals surface area contributed by atoms with Gasteiger partial charge in [-0.15, -0.1) is 13.9 Å². The van der Waals surface area contributed by atoms with Crippen LogP contribution in [0, 0.1) is 0 Å². The minimum Gasteiger partial charge on any atom is -0.497 e. The Labute approximate surface area is 240 Å². The highest BCUT2D eigenvalue weighted by molar-refractivity contribution is 5.97. The summed E-state index contributed by atoms with van der Waals surface area (Å²) in [4.78, 5) is 10.5. The lowest BCUT2D eigenvalue weighted by atomic mass is 9.94. The molecule has 0 amide bonds. The second kappa shape index (κ2) is 10.5. The van der Waals surface area contributed by atoms with Gasteiger partial charge in [-0.3, -0.25) is 4.90 Å². The number of rotatable bonds is 8. The number of halogens is 6. The van der Waals surface area contributed by atoms with Crippen LogP contribution in [0.2, 0.25) is 0 Å². The number of fused-ring (bicyclic) bond motifs is 5. The van der Waals surface area contributed by atoms with Crippen molar-refractivity contribution in [3.63, 3.8) is 0 Å². The van der Waals surface area contributed by atoms with Gasteiger partial charge in [0, 0.05) is 43.1 Å². The number of nitrogens with one attached hydrogen (secondary N) is 1. The van der Waals surface area contributed by atoms with Crippen molar-refractivity contribution in [3.05, 3.63) is 41.7 Å². The number of alkyl halides is 6. The molecule has 6 rings (SSSR count). The molecule has 1 fully saturated rings. The van der Waals surface area contributed by atoms with Crippen LogP contribution in [-0.4, -0.2) is 76.5 Å². The summed E-state index contributed by atoms with van der Waals surface area (Å²) in [7, 11) is 3.02. The summed E-state index contributed by atoms with van der Waals surface area (Å²) in [6.07, 6.45) is -9.27. The predicted octanol–water partition coefficient (Wildman–Crippen LogP) is 5.14. The maximum absolute atomic E-state index is 14.6. The average Bonchev–Trinajstić information content (AvgIpc) is 3.54. The molecule has 0 radical (unpaired) electrons. The van der Waals surface area contributed by atoms with Crippen LogP contribution in [0.5, 0.6) is 23.0 Å². The van der Waals surface area contributed by atoms with Gasteiger partial charge in [0.2, 0.25) is 11.6 Å². The molecule has 0 aliphatic carbocycles. The van der Waals surface area contributed by atoms with Crippen LogP contribution >= 0.6 is 0 Å². The van der Waals surface area contributed by atoms with E-state index in [4.69, 9.17) is 14.2 Å². The molecule has 2 aromatic carbocycles. The van der Waals surface area contributed by atoms with Crippen molar-refractivity contribution in [1.29, 1.82) is 0 Å². The molecule has 4 aromatic rings. The highest BCUT2D eigenvalue weighted by Gasteiger charge is 2.57. The Morgan fingerprint density at radius 3 is 2.60 bits per heavy atom. The molecule has 1 atom stereocenters. The standard InChI is InChI=1S/C27H26F6N6O4/c1-40-16-5-4-15(19(12-16)41-2)13-34-24-36-21-17(6-7-18-22(21)43-27(32,33)42-18)23-35-20(37-39(23)24)8-11-38-10-3-9-25(28,14-38)26(29,30)31/h4-7,12H,3,8-11,13-14H2,1-2H3,(H,34,36). The average molecular weight is 613 g/mol. The monoisotopic (exact) mass is 612 g/mol. The van der Waals surface area contributed by atoms with Crippen molar-refractivity contribution in [2.75, 3.05) is 39.2 Å². The summed E-state index contributed by atoms with van der Waals surface area (Å²) in [5, 5.41) is 7.95. The topological polar surface area (TPSA) is 95.3 Å². The lowest BCUT2D eigenvalue weighted by Crippen LogP contribution is -2.54. The van der Waals surface area contributed by atoms with Gasteiger partial charge in [0.1, 0.15) is 17.0 Å². The number of piperidine rings is 1. The fourth-order valence-electron chi connectivity index (χ4n) is 5.29. The van der Waals surface area contributed by atoms with E-state index >= 15 is 0 Å². The lowest BCUT2D eigenvalue weighted by molar-refractivity contribution is -0.286. The molecule has 2 aliphatic heterocycles. The first kappa shape index (κ1) is 28.9. The number of hydrogen-bond donors (Lipinski definition) is 1. The zero-order valence-electron chi connectivity index (χ0n) is 23.0. The Morgan fingerprint density at radius 1 is 1.05 bits per heavy atom. The van der Waals surface area contributed by atoms with E-state index in [1.807, 2.05) is 0 Å². The highest BCUT2D eigenvalue weighted by Crippen LogP contribution is 2.46. The summed E-state index contributed by atoms with van der Waals surface area (Å²) < 4.78 is 104. The van der Waals surface area contributed by atoms with Crippen LogP contribution in [0.4, 0.5) is 32.3 Å². The number of anilines is 1. The summed E-state index contributed by atoms with van der Waals surface area (Å²) in [5.41, 5.74) is -2.29. The van der Waals surface area contributed by atoms with E-state index in [2.05, 4.69) is 25.1 Å². The first-order chi connectivity index (χ1) is 20.4. The highest BCUT2D eigenvalue weighted by atomic mass is 19.4. The van der Waals surface area contributed by atoms with Crippen molar-refractivity contribution in [2.45, 2.75) is 43.9 Å². The van der Waals surface area contributed by atoms with Gasteiger partial charge in [-0.25, -0.2) is 14.4 Å². The smallest absolute Gasteiger partial charge is 0.497 e. The molecule has 4 heterocycles. The number of ether oxygens (including phenoxy) is 4. The molecule has 2 aromatic heterocycles. The van der Waals surface area contributed by atoms with Gasteiger partial charge in [0.05, 0.1) is 14.2 Å². The minimum atomic E-state index is -4.96. The van der Waals surface area contributed by atoms with Gasteiger partial charge in [-0.2, -0.15) is 17.7 Å². The second-order valence-corrected chi connectivity index (χ2v) is 10.3. The third-order valence-corrected chi connectivity index (χ3v) is 7.47. The molecule has 10 nitrogen and oxygen atoms in total. The van der Waals surface area contributed by atoms with E-state index in [0.717, 1.165) is 0 Å². The zero-order chi connectivity index (χ0) is 30.6. The second-order valence-electron chi connectivity index (χ2n) is 10.3. The van der Waals surface area contributed by atoms with Crippen molar-refractivity contribution >= 4 is 22.5 Å². The Balaban J connectivity index is 1.34. The van der Waals surface area contributed by atoms with Gasteiger partial charge in [-0.1, -0.05) is 0 Å². The van der Waals surface area contributed by atoms with Crippen molar-refractivity contribution in [3.8, 4) is 23.0 Å². The van der Waals surface area contributed by atoms with Crippen LogP contribution in [0.15, 0.2) is 30.3 Å². The molecule has 0 spiro atoms.